The minimum absolute atomic E-state index is 0.0220. The van der Waals surface area contributed by atoms with Gasteiger partial charge in [0.1, 0.15) is 5.82 Å². The third-order valence-electron chi connectivity index (χ3n) is 5.52. The lowest BCUT2D eigenvalue weighted by Gasteiger charge is -2.13. The van der Waals surface area contributed by atoms with E-state index in [-0.39, 0.29) is 23.3 Å². The number of non-ortho nitro benzene ring substituents is 1. The van der Waals surface area contributed by atoms with Gasteiger partial charge >= 0.3 is 0 Å². The fourth-order valence-corrected chi connectivity index (χ4v) is 4.69. The Bertz CT molecular complexity index is 1330. The molecule has 1 fully saturated rings. The molecule has 1 saturated heterocycles. The number of nitrogens with zero attached hydrogens (tertiary/aromatic N) is 3. The van der Waals surface area contributed by atoms with Gasteiger partial charge in [0.25, 0.3) is 16.8 Å². The molecule has 0 aliphatic carbocycles. The van der Waals surface area contributed by atoms with Crippen molar-refractivity contribution in [2.45, 2.75) is 27.3 Å². The number of benzene rings is 2. The first-order valence-corrected chi connectivity index (χ1v) is 10.9. The van der Waals surface area contributed by atoms with Gasteiger partial charge in [-0.3, -0.25) is 24.6 Å². The quantitative estimate of drug-likeness (QED) is 0.275. The molecule has 0 unspecified atom stereocenters. The standard InChI is InChI=1S/C24H20FN3O4S/c1-14-10-20(28(31)32)8-9-21(14)27-15(2)11-18(16(27)3)12-22-23(29)26(24(30)33-22)13-17-4-6-19(25)7-5-17/h4-12H,13H2,1-3H3/b22-12-. The topological polar surface area (TPSA) is 85.4 Å². The average molecular weight is 466 g/mol. The van der Waals surface area contributed by atoms with Gasteiger partial charge in [0.05, 0.1) is 16.4 Å². The van der Waals surface area contributed by atoms with E-state index in [2.05, 4.69) is 0 Å². The number of nitro benzene ring substituents is 1. The first-order chi connectivity index (χ1) is 15.7. The maximum Gasteiger partial charge on any atom is 0.293 e. The number of hydrogen-bond acceptors (Lipinski definition) is 5. The van der Waals surface area contributed by atoms with Crippen LogP contribution in [0.25, 0.3) is 11.8 Å². The molecule has 0 radical (unpaired) electrons. The van der Waals surface area contributed by atoms with Crippen LogP contribution in [0.1, 0.15) is 28.1 Å². The van der Waals surface area contributed by atoms with E-state index in [1.54, 1.807) is 24.3 Å². The van der Waals surface area contributed by atoms with Crippen molar-refractivity contribution in [2.75, 3.05) is 0 Å². The van der Waals surface area contributed by atoms with Crippen molar-refractivity contribution in [1.82, 2.24) is 9.47 Å². The van der Waals surface area contributed by atoms with E-state index in [1.165, 1.54) is 24.3 Å². The fraction of sp³-hybridized carbons (Fsp3) is 0.167. The Kier molecular flexibility index (Phi) is 5.90. The van der Waals surface area contributed by atoms with Crippen LogP contribution in [0.4, 0.5) is 14.9 Å². The summed E-state index contributed by atoms with van der Waals surface area (Å²) in [5, 5.41) is 10.7. The molecule has 0 saturated carbocycles. The summed E-state index contributed by atoms with van der Waals surface area (Å²) in [5.74, 6) is -0.781. The predicted octanol–water partition coefficient (Wildman–Crippen LogP) is 5.69. The van der Waals surface area contributed by atoms with Gasteiger partial charge in [0.15, 0.2) is 0 Å². The second-order valence-corrected chi connectivity index (χ2v) is 8.78. The largest absolute Gasteiger partial charge is 0.318 e. The summed E-state index contributed by atoms with van der Waals surface area (Å²) in [6.45, 7) is 5.68. The third-order valence-corrected chi connectivity index (χ3v) is 6.42. The molecule has 0 N–H and O–H groups in total. The van der Waals surface area contributed by atoms with Gasteiger partial charge in [0.2, 0.25) is 0 Å². The average Bonchev–Trinajstić information content (AvgIpc) is 3.19. The number of imide groups is 1. The number of hydrogen-bond donors (Lipinski definition) is 0. The molecular weight excluding hydrogens is 445 g/mol. The highest BCUT2D eigenvalue weighted by molar-refractivity contribution is 8.18. The van der Waals surface area contributed by atoms with Crippen LogP contribution in [0.3, 0.4) is 0 Å². The molecule has 1 aliphatic rings. The first kappa shape index (κ1) is 22.5. The molecule has 9 heteroatoms. The Morgan fingerprint density at radius 1 is 1.06 bits per heavy atom. The van der Waals surface area contributed by atoms with Crippen LogP contribution in [0, 0.1) is 36.7 Å². The minimum atomic E-state index is -0.431. The van der Waals surface area contributed by atoms with E-state index in [9.17, 15) is 24.1 Å². The van der Waals surface area contributed by atoms with Crippen molar-refractivity contribution in [3.63, 3.8) is 0 Å². The number of halogens is 1. The molecule has 4 rings (SSSR count). The van der Waals surface area contributed by atoms with E-state index in [1.807, 2.05) is 31.4 Å². The third kappa shape index (κ3) is 4.31. The summed E-state index contributed by atoms with van der Waals surface area (Å²) in [5.41, 5.74) is 4.74. The van der Waals surface area contributed by atoms with Gasteiger partial charge in [-0.1, -0.05) is 12.1 Å². The Morgan fingerprint density at radius 3 is 2.39 bits per heavy atom. The summed E-state index contributed by atoms with van der Waals surface area (Å²) in [6.07, 6.45) is 1.69. The van der Waals surface area contributed by atoms with Gasteiger partial charge in [0, 0.05) is 29.2 Å². The number of amides is 2. The number of carbonyl (C=O) groups is 2. The van der Waals surface area contributed by atoms with Crippen LogP contribution in [0.5, 0.6) is 0 Å². The van der Waals surface area contributed by atoms with E-state index in [0.717, 1.165) is 44.9 Å². The van der Waals surface area contributed by atoms with Crippen molar-refractivity contribution in [3.8, 4) is 5.69 Å². The molecule has 33 heavy (non-hydrogen) atoms. The number of thioether (sulfide) groups is 1. The Hall–Kier alpha value is -3.72. The number of aryl methyl sites for hydroxylation is 2. The summed E-state index contributed by atoms with van der Waals surface area (Å²) in [6, 6.07) is 12.3. The van der Waals surface area contributed by atoms with Crippen LogP contribution in [-0.2, 0) is 11.3 Å². The maximum atomic E-state index is 13.1. The normalized spacial score (nSPS) is 15.0. The second kappa shape index (κ2) is 8.67. The highest BCUT2D eigenvalue weighted by atomic mass is 32.2. The van der Waals surface area contributed by atoms with Crippen molar-refractivity contribution in [2.24, 2.45) is 0 Å². The highest BCUT2D eigenvalue weighted by Crippen LogP contribution is 2.35. The predicted molar refractivity (Wildman–Crippen MR) is 125 cm³/mol. The number of nitro groups is 1. The van der Waals surface area contributed by atoms with Crippen molar-refractivity contribution in [3.05, 3.63) is 97.4 Å². The van der Waals surface area contributed by atoms with E-state index in [0.29, 0.717) is 10.5 Å². The molecule has 0 atom stereocenters. The smallest absolute Gasteiger partial charge is 0.293 e. The molecule has 1 aliphatic heterocycles. The van der Waals surface area contributed by atoms with Gasteiger partial charge in [-0.2, -0.15) is 0 Å². The molecule has 7 nitrogen and oxygen atoms in total. The lowest BCUT2D eigenvalue weighted by molar-refractivity contribution is -0.384. The zero-order chi connectivity index (χ0) is 23.9. The number of aromatic nitrogens is 1. The maximum absolute atomic E-state index is 13.1. The molecule has 2 heterocycles. The molecule has 2 aromatic carbocycles. The van der Waals surface area contributed by atoms with Crippen LogP contribution in [0.15, 0.2) is 53.4 Å². The first-order valence-electron chi connectivity index (χ1n) is 10.1. The minimum Gasteiger partial charge on any atom is -0.318 e. The SMILES string of the molecule is Cc1cc([N+](=O)[O-])ccc1-n1c(C)cc(/C=C2\SC(=O)N(Cc3ccc(F)cc3)C2=O)c1C. The van der Waals surface area contributed by atoms with Crippen LogP contribution in [-0.4, -0.2) is 25.5 Å². The van der Waals surface area contributed by atoms with Crippen molar-refractivity contribution in [1.29, 1.82) is 0 Å². The molecule has 3 aromatic rings. The van der Waals surface area contributed by atoms with Gasteiger partial charge < -0.3 is 4.57 Å². The van der Waals surface area contributed by atoms with Crippen molar-refractivity contribution >= 4 is 34.7 Å². The summed E-state index contributed by atoms with van der Waals surface area (Å²) in [4.78, 5) is 37.4. The Labute approximate surface area is 193 Å². The summed E-state index contributed by atoms with van der Waals surface area (Å²) in [7, 11) is 0. The Balaban J connectivity index is 1.64. The molecule has 0 spiro atoms. The highest BCUT2D eigenvalue weighted by Gasteiger charge is 2.35. The fourth-order valence-electron chi connectivity index (χ4n) is 3.86. The van der Waals surface area contributed by atoms with Gasteiger partial charge in [-0.25, -0.2) is 4.39 Å². The monoisotopic (exact) mass is 465 g/mol. The number of rotatable bonds is 5. The second-order valence-electron chi connectivity index (χ2n) is 7.78. The molecule has 2 amide bonds. The van der Waals surface area contributed by atoms with Gasteiger partial charge in [-0.05, 0) is 79.6 Å². The molecule has 168 valence electrons. The lowest BCUT2D eigenvalue weighted by atomic mass is 10.1. The van der Waals surface area contributed by atoms with Gasteiger partial charge in [-0.15, -0.1) is 0 Å². The zero-order valence-corrected chi connectivity index (χ0v) is 19.0. The zero-order valence-electron chi connectivity index (χ0n) is 18.2. The molecule has 0 bridgehead atoms. The molecular formula is C24H20FN3O4S. The van der Waals surface area contributed by atoms with E-state index in [4.69, 9.17) is 0 Å². The van der Waals surface area contributed by atoms with E-state index >= 15 is 0 Å². The van der Waals surface area contributed by atoms with Crippen LogP contribution < -0.4 is 0 Å². The summed E-state index contributed by atoms with van der Waals surface area (Å²) >= 11 is 0.867. The van der Waals surface area contributed by atoms with Crippen LogP contribution >= 0.6 is 11.8 Å². The summed E-state index contributed by atoms with van der Waals surface area (Å²) < 4.78 is 15.1. The lowest BCUT2D eigenvalue weighted by Crippen LogP contribution is -2.27. The number of carbonyl (C=O) groups excluding carboxylic acids is 2. The van der Waals surface area contributed by atoms with Crippen LogP contribution in [0.2, 0.25) is 0 Å². The Morgan fingerprint density at radius 2 is 1.76 bits per heavy atom. The van der Waals surface area contributed by atoms with Crippen molar-refractivity contribution < 1.29 is 18.9 Å². The van der Waals surface area contributed by atoms with E-state index < -0.39 is 10.8 Å². The molecule has 1 aromatic heterocycles.